The van der Waals surface area contributed by atoms with Gasteiger partial charge in [0.1, 0.15) is 5.75 Å². The van der Waals surface area contributed by atoms with E-state index in [0.29, 0.717) is 6.42 Å². The van der Waals surface area contributed by atoms with E-state index in [2.05, 4.69) is 86.1 Å². The molecule has 0 amide bonds. The SMILES string of the molecule is COc1cccc(Cn2cc(-c3ccc(C(C)(C)C)cc3)c3cc(CCO)ccc32)c1. The molecule has 4 aromatic rings. The van der Waals surface area contributed by atoms with E-state index in [1.165, 1.54) is 33.2 Å². The van der Waals surface area contributed by atoms with Crippen LogP contribution in [-0.4, -0.2) is 23.4 Å². The van der Waals surface area contributed by atoms with Gasteiger partial charge in [0.25, 0.3) is 0 Å². The van der Waals surface area contributed by atoms with Gasteiger partial charge in [-0.15, -0.1) is 0 Å². The van der Waals surface area contributed by atoms with E-state index in [0.717, 1.165) is 17.9 Å². The minimum absolute atomic E-state index is 0.132. The number of rotatable bonds is 6. The number of hydrogen-bond acceptors (Lipinski definition) is 2. The summed E-state index contributed by atoms with van der Waals surface area (Å²) in [7, 11) is 1.70. The second-order valence-electron chi connectivity index (χ2n) is 9.17. The number of methoxy groups -OCH3 is 1. The predicted molar refractivity (Wildman–Crippen MR) is 129 cm³/mol. The molecule has 0 saturated carbocycles. The Kier molecular flexibility index (Phi) is 5.88. The normalized spacial score (nSPS) is 11.8. The number of benzene rings is 3. The Bertz CT molecular complexity index is 1180. The van der Waals surface area contributed by atoms with Crippen LogP contribution < -0.4 is 4.74 Å². The molecule has 0 saturated heterocycles. The molecule has 31 heavy (non-hydrogen) atoms. The fourth-order valence-corrected chi connectivity index (χ4v) is 4.11. The number of aliphatic hydroxyl groups excluding tert-OH is 1. The number of aromatic nitrogens is 1. The van der Waals surface area contributed by atoms with Crippen molar-refractivity contribution >= 4 is 10.9 Å². The van der Waals surface area contributed by atoms with Crippen molar-refractivity contribution < 1.29 is 9.84 Å². The highest BCUT2D eigenvalue weighted by molar-refractivity contribution is 5.96. The summed E-state index contributed by atoms with van der Waals surface area (Å²) in [5.41, 5.74) is 7.44. The maximum Gasteiger partial charge on any atom is 0.119 e. The summed E-state index contributed by atoms with van der Waals surface area (Å²) < 4.78 is 7.71. The topological polar surface area (TPSA) is 34.4 Å². The summed E-state index contributed by atoms with van der Waals surface area (Å²) in [6.45, 7) is 7.65. The molecule has 3 nitrogen and oxygen atoms in total. The van der Waals surface area contributed by atoms with Gasteiger partial charge in [-0.05, 0) is 58.4 Å². The summed E-state index contributed by atoms with van der Waals surface area (Å²) in [6.07, 6.45) is 2.92. The molecule has 3 heteroatoms. The molecule has 3 aromatic carbocycles. The summed E-state index contributed by atoms with van der Waals surface area (Å²) in [4.78, 5) is 0. The van der Waals surface area contributed by atoms with E-state index in [9.17, 15) is 5.11 Å². The molecule has 0 fully saturated rings. The summed E-state index contributed by atoms with van der Waals surface area (Å²) in [6, 6.07) is 23.7. The van der Waals surface area contributed by atoms with Crippen LogP contribution in [0.2, 0.25) is 0 Å². The lowest BCUT2D eigenvalue weighted by atomic mass is 9.86. The van der Waals surface area contributed by atoms with Gasteiger partial charge in [-0.2, -0.15) is 0 Å². The van der Waals surface area contributed by atoms with E-state index < -0.39 is 0 Å². The molecule has 1 aromatic heterocycles. The lowest BCUT2D eigenvalue weighted by Crippen LogP contribution is -2.10. The van der Waals surface area contributed by atoms with Crippen LogP contribution in [-0.2, 0) is 18.4 Å². The van der Waals surface area contributed by atoms with Gasteiger partial charge < -0.3 is 14.4 Å². The van der Waals surface area contributed by atoms with E-state index in [-0.39, 0.29) is 12.0 Å². The van der Waals surface area contributed by atoms with Crippen molar-refractivity contribution in [2.75, 3.05) is 13.7 Å². The third kappa shape index (κ3) is 4.52. The van der Waals surface area contributed by atoms with Crippen molar-refractivity contribution in [1.82, 2.24) is 4.57 Å². The second-order valence-corrected chi connectivity index (χ2v) is 9.17. The predicted octanol–water partition coefficient (Wildman–Crippen LogP) is 6.20. The van der Waals surface area contributed by atoms with Crippen molar-refractivity contribution in [2.24, 2.45) is 0 Å². The zero-order chi connectivity index (χ0) is 22.0. The van der Waals surface area contributed by atoms with Gasteiger partial charge in [-0.1, -0.05) is 63.2 Å². The van der Waals surface area contributed by atoms with Crippen LogP contribution in [0, 0.1) is 0 Å². The zero-order valence-electron chi connectivity index (χ0n) is 18.9. The van der Waals surface area contributed by atoms with E-state index >= 15 is 0 Å². The lowest BCUT2D eigenvalue weighted by Gasteiger charge is -2.19. The molecule has 0 radical (unpaired) electrons. The van der Waals surface area contributed by atoms with Crippen molar-refractivity contribution in [3.8, 4) is 16.9 Å². The van der Waals surface area contributed by atoms with E-state index in [4.69, 9.17) is 4.74 Å². The Labute approximate surface area is 184 Å². The first-order chi connectivity index (χ1) is 14.9. The van der Waals surface area contributed by atoms with Crippen LogP contribution in [0.3, 0.4) is 0 Å². The Hall–Kier alpha value is -3.04. The standard InChI is InChI=1S/C28H31NO2/c1-28(2,3)23-11-9-22(10-12-23)26-19-29(18-21-6-5-7-24(16-21)31-4)27-13-8-20(14-15-30)17-25(26)27/h5-13,16-17,19,30H,14-15,18H2,1-4H3. The molecule has 0 aliphatic rings. The average molecular weight is 414 g/mol. The molecule has 0 aliphatic heterocycles. The number of nitrogens with zero attached hydrogens (tertiary/aromatic N) is 1. The van der Waals surface area contributed by atoms with Gasteiger partial charge in [-0.25, -0.2) is 0 Å². The molecular formula is C28H31NO2. The third-order valence-electron chi connectivity index (χ3n) is 5.89. The Morgan fingerprint density at radius 3 is 2.35 bits per heavy atom. The first-order valence-electron chi connectivity index (χ1n) is 10.9. The molecule has 0 spiro atoms. The van der Waals surface area contributed by atoms with Gasteiger partial charge in [0.15, 0.2) is 0 Å². The molecule has 1 heterocycles. The quantitative estimate of drug-likeness (QED) is 0.408. The highest BCUT2D eigenvalue weighted by atomic mass is 16.5. The van der Waals surface area contributed by atoms with Gasteiger partial charge in [0.05, 0.1) is 7.11 Å². The number of ether oxygens (including phenoxy) is 1. The maximum atomic E-state index is 9.42. The van der Waals surface area contributed by atoms with Gasteiger partial charge in [0, 0.05) is 35.8 Å². The summed E-state index contributed by atoms with van der Waals surface area (Å²) in [5, 5.41) is 10.6. The summed E-state index contributed by atoms with van der Waals surface area (Å²) in [5.74, 6) is 0.872. The minimum Gasteiger partial charge on any atom is -0.497 e. The smallest absolute Gasteiger partial charge is 0.119 e. The lowest BCUT2D eigenvalue weighted by molar-refractivity contribution is 0.299. The highest BCUT2D eigenvalue weighted by Gasteiger charge is 2.15. The minimum atomic E-state index is 0.132. The Balaban J connectivity index is 1.80. The second kappa shape index (κ2) is 8.60. The largest absolute Gasteiger partial charge is 0.497 e. The molecule has 0 bridgehead atoms. The molecule has 4 rings (SSSR count). The first-order valence-corrected chi connectivity index (χ1v) is 10.9. The zero-order valence-corrected chi connectivity index (χ0v) is 18.9. The average Bonchev–Trinajstić information content (AvgIpc) is 3.11. The van der Waals surface area contributed by atoms with Crippen LogP contribution in [0.5, 0.6) is 5.75 Å². The van der Waals surface area contributed by atoms with Crippen LogP contribution in [0.15, 0.2) is 72.9 Å². The monoisotopic (exact) mass is 413 g/mol. The molecule has 160 valence electrons. The number of aliphatic hydroxyl groups is 1. The van der Waals surface area contributed by atoms with Crippen LogP contribution in [0.1, 0.15) is 37.5 Å². The Morgan fingerprint density at radius 1 is 0.903 bits per heavy atom. The fourth-order valence-electron chi connectivity index (χ4n) is 4.11. The van der Waals surface area contributed by atoms with Crippen molar-refractivity contribution in [2.45, 2.75) is 39.2 Å². The van der Waals surface area contributed by atoms with Crippen LogP contribution in [0.25, 0.3) is 22.0 Å². The van der Waals surface area contributed by atoms with Gasteiger partial charge in [-0.3, -0.25) is 0 Å². The van der Waals surface area contributed by atoms with E-state index in [1.807, 2.05) is 12.1 Å². The van der Waals surface area contributed by atoms with Gasteiger partial charge in [0.2, 0.25) is 0 Å². The first kappa shape index (κ1) is 21.2. The summed E-state index contributed by atoms with van der Waals surface area (Å²) >= 11 is 0. The number of fused-ring (bicyclic) bond motifs is 1. The molecular weight excluding hydrogens is 382 g/mol. The maximum absolute atomic E-state index is 9.42. The van der Waals surface area contributed by atoms with Crippen molar-refractivity contribution in [3.63, 3.8) is 0 Å². The number of hydrogen-bond donors (Lipinski definition) is 1. The highest BCUT2D eigenvalue weighted by Crippen LogP contribution is 2.34. The fraction of sp³-hybridized carbons (Fsp3) is 0.286. The van der Waals surface area contributed by atoms with Crippen LogP contribution >= 0.6 is 0 Å². The van der Waals surface area contributed by atoms with Crippen molar-refractivity contribution in [1.29, 1.82) is 0 Å². The molecule has 1 N–H and O–H groups in total. The van der Waals surface area contributed by atoms with Gasteiger partial charge >= 0.3 is 0 Å². The van der Waals surface area contributed by atoms with Crippen molar-refractivity contribution in [3.05, 3.63) is 89.6 Å². The third-order valence-corrected chi connectivity index (χ3v) is 5.89. The van der Waals surface area contributed by atoms with E-state index in [1.54, 1.807) is 7.11 Å². The molecule has 0 atom stereocenters. The molecule has 0 unspecified atom stereocenters. The van der Waals surface area contributed by atoms with Crippen LogP contribution in [0.4, 0.5) is 0 Å². The Morgan fingerprint density at radius 2 is 1.68 bits per heavy atom. The molecule has 0 aliphatic carbocycles.